The summed E-state index contributed by atoms with van der Waals surface area (Å²) in [5.41, 5.74) is 0.283. The number of hydrogen-bond donors (Lipinski definition) is 8. The Morgan fingerprint density at radius 2 is 0.613 bits per heavy atom. The van der Waals surface area contributed by atoms with Crippen molar-refractivity contribution in [1.29, 1.82) is 0 Å². The molecule has 7 amide bonds. The Bertz CT molecular complexity index is 3440. The third kappa shape index (κ3) is 43.2. The Morgan fingerprint density at radius 3 is 0.919 bits per heavy atom. The zero-order chi connectivity index (χ0) is 91.6. The van der Waals surface area contributed by atoms with Crippen LogP contribution in [0.3, 0.4) is 0 Å². The van der Waals surface area contributed by atoms with Gasteiger partial charge in [0, 0.05) is 167 Å². The van der Waals surface area contributed by atoms with Gasteiger partial charge < -0.3 is 128 Å². The van der Waals surface area contributed by atoms with Crippen molar-refractivity contribution in [3.05, 3.63) is 11.6 Å². The first kappa shape index (κ1) is 107. The van der Waals surface area contributed by atoms with E-state index in [1.807, 2.05) is 0 Å². The molecule has 42 heteroatoms. The highest BCUT2D eigenvalue weighted by Gasteiger charge is 2.55. The monoisotopic (exact) mass is 1770 g/mol. The fraction of sp³-hybridized carbons (Fsp3) is 0.780. The molecule has 42 nitrogen and oxygen atoms in total. The van der Waals surface area contributed by atoms with E-state index in [1.54, 1.807) is 6.08 Å². The van der Waals surface area contributed by atoms with Crippen molar-refractivity contribution in [1.82, 2.24) is 37.2 Å². The zero-order valence-corrected chi connectivity index (χ0v) is 73.3. The lowest BCUT2D eigenvalue weighted by Crippen LogP contribution is -2.66. The number of rotatable bonds is 58. The molecule has 4 aliphatic rings. The summed E-state index contributed by atoms with van der Waals surface area (Å²) < 4.78 is 104. The van der Waals surface area contributed by atoms with Gasteiger partial charge in [0.1, 0.15) is 68.5 Å². The number of unbranched alkanes of at least 4 members (excludes halogenated alkanes) is 12. The van der Waals surface area contributed by atoms with Crippen LogP contribution in [0.2, 0.25) is 0 Å². The molecule has 3 saturated heterocycles. The van der Waals surface area contributed by atoms with Gasteiger partial charge in [-0.3, -0.25) is 76.7 Å². The van der Waals surface area contributed by atoms with Gasteiger partial charge in [-0.25, -0.2) is 0 Å². The summed E-state index contributed by atoms with van der Waals surface area (Å²) in [6.45, 7) is 13.9. The average Bonchev–Trinajstić information content (AvgIpc) is 0.794. The number of nitrogens with one attached hydrogen (secondary N) is 7. The summed E-state index contributed by atoms with van der Waals surface area (Å²) in [5, 5.41) is 28.9. The molecular weight excluding hydrogens is 1640 g/mol. The molecule has 124 heavy (non-hydrogen) atoms. The molecule has 0 aromatic carbocycles. The number of carbonyl (C=O) groups excluding carboxylic acids is 16. The van der Waals surface area contributed by atoms with Gasteiger partial charge in [-0.1, -0.05) is 51.4 Å². The number of hydrogen-bond acceptors (Lipinski definition) is 35. The number of amides is 7. The van der Waals surface area contributed by atoms with Crippen LogP contribution in [-0.4, -0.2) is 303 Å². The smallest absolute Gasteiger partial charge is 0.303 e. The van der Waals surface area contributed by atoms with Crippen molar-refractivity contribution < 1.29 is 167 Å². The Morgan fingerprint density at radius 1 is 0.323 bits per heavy atom. The van der Waals surface area contributed by atoms with Crippen molar-refractivity contribution in [2.45, 2.75) is 322 Å². The second kappa shape index (κ2) is 59.7. The van der Waals surface area contributed by atoms with Crippen molar-refractivity contribution >= 4 is 95.1 Å². The van der Waals surface area contributed by atoms with Crippen LogP contribution in [0, 0.1) is 0 Å². The van der Waals surface area contributed by atoms with Gasteiger partial charge in [0.15, 0.2) is 55.5 Å². The molecule has 704 valence electrons. The van der Waals surface area contributed by atoms with Gasteiger partial charge in [0.2, 0.25) is 41.4 Å². The van der Waals surface area contributed by atoms with Crippen LogP contribution < -0.4 is 37.2 Å². The highest BCUT2D eigenvalue weighted by molar-refractivity contribution is 5.94. The molecule has 0 unspecified atom stereocenters. The van der Waals surface area contributed by atoms with E-state index in [-0.39, 0.29) is 115 Å². The van der Waals surface area contributed by atoms with Crippen molar-refractivity contribution in [2.24, 2.45) is 0 Å². The lowest BCUT2D eigenvalue weighted by Gasteiger charge is -2.44. The number of aliphatic hydroxyl groups excluding tert-OH is 1. The van der Waals surface area contributed by atoms with Crippen LogP contribution in [-0.2, 0) is 162 Å². The first-order valence-electron chi connectivity index (χ1n) is 42.4. The normalized spacial score (nSPS) is 24.6. The van der Waals surface area contributed by atoms with Gasteiger partial charge >= 0.3 is 53.7 Å². The Kier molecular flexibility index (Phi) is 51.6. The number of esters is 9. The Labute approximate surface area is 722 Å². The third-order valence-corrected chi connectivity index (χ3v) is 19.3. The summed E-state index contributed by atoms with van der Waals surface area (Å²) in [6, 6.07) is -3.40. The highest BCUT2D eigenvalue weighted by Crippen LogP contribution is 2.33. The van der Waals surface area contributed by atoms with E-state index in [2.05, 4.69) is 37.2 Å². The van der Waals surface area contributed by atoms with E-state index in [4.69, 9.17) is 85.3 Å². The largest absolute Gasteiger partial charge is 0.463 e. The van der Waals surface area contributed by atoms with Crippen molar-refractivity contribution in [2.75, 3.05) is 92.2 Å². The minimum Gasteiger partial charge on any atom is -0.463 e. The predicted octanol–water partition coefficient (Wildman–Crippen LogP) is 1.36. The average molecular weight is 1770 g/mol. The topological polar surface area (TPSA) is 544 Å². The van der Waals surface area contributed by atoms with Gasteiger partial charge in [0.25, 0.3) is 0 Å². The molecule has 3 fully saturated rings. The maximum atomic E-state index is 14.0. The molecular formula is C82H131N7O35. The summed E-state index contributed by atoms with van der Waals surface area (Å²) in [7, 11) is 0. The van der Waals surface area contributed by atoms with Gasteiger partial charge in [-0.2, -0.15) is 0 Å². The van der Waals surface area contributed by atoms with Crippen LogP contribution in [0.5, 0.6) is 0 Å². The van der Waals surface area contributed by atoms with E-state index in [0.29, 0.717) is 96.4 Å². The standard InChI is InChI=1S/C82H131N7O35/c1-48(91)87-69-76(119-57(10)100)73(116-54(7)97)63(45-113-51(4)94)122-80(69)110-37-26-18-14-21-32-83-66(103)29-40-107-61-43-60(79(106)86-35-24-13-17-25-36-90)44-62(108-41-30-67(104)84-33-22-15-19-27-38-111-81-70(88-49(2)92)77(120-58(11)101)74(117-55(8)98)64(123-81)46-114-52(5)95)72(61)109-42-31-68(105)85-34-23-16-20-28-39-112-82-71(89-50(3)93)78(121-59(12)102)75(118-56(9)99)65(124-82)47-115-53(6)96/h43,61-65,69-78,80-82,90H,13-42,44-47H2,1-12H3,(H,83,103)(H,84,104)(H,85,105)(H,86,106)(H,87,91)(H,88,92)(H,89,93)/t61-,62-,63-,64-,65-,69-,70-,71-,72-,73+,74+,75+,76-,77-,78-,80-,81-,82-/m1/s1. The number of ether oxygens (including phenoxy) is 18. The van der Waals surface area contributed by atoms with E-state index in [9.17, 15) is 81.8 Å². The second-order valence-electron chi connectivity index (χ2n) is 30.2. The molecule has 3 heterocycles. The Hall–Kier alpha value is -9.14. The van der Waals surface area contributed by atoms with E-state index in [1.165, 1.54) is 41.5 Å². The zero-order valence-electron chi connectivity index (χ0n) is 73.3. The number of carbonyl (C=O) groups is 16. The van der Waals surface area contributed by atoms with Crippen molar-refractivity contribution in [3.63, 3.8) is 0 Å². The molecule has 18 atom stereocenters. The minimum atomic E-state index is -1.29. The molecule has 4 rings (SSSR count). The molecule has 0 saturated carbocycles. The molecule has 0 radical (unpaired) electrons. The second-order valence-corrected chi connectivity index (χ2v) is 30.2. The lowest BCUT2D eigenvalue weighted by molar-refractivity contribution is -0.277. The van der Waals surface area contributed by atoms with Crippen LogP contribution in [0.25, 0.3) is 0 Å². The van der Waals surface area contributed by atoms with Crippen molar-refractivity contribution in [3.8, 4) is 0 Å². The van der Waals surface area contributed by atoms with Crippen LogP contribution >= 0.6 is 0 Å². The quantitative estimate of drug-likeness (QED) is 0.0242. The van der Waals surface area contributed by atoms with Gasteiger partial charge in [-0.15, -0.1) is 0 Å². The number of aliphatic hydroxyl groups is 1. The molecule has 0 aromatic rings. The van der Waals surface area contributed by atoms with Gasteiger partial charge in [0.05, 0.1) is 25.9 Å². The lowest BCUT2D eigenvalue weighted by atomic mass is 9.91. The molecule has 0 aromatic heterocycles. The maximum Gasteiger partial charge on any atom is 0.303 e. The molecule has 0 bridgehead atoms. The molecule has 0 spiro atoms. The molecule has 3 aliphatic heterocycles. The summed E-state index contributed by atoms with van der Waals surface area (Å²) in [6.07, 6.45) is -7.00. The third-order valence-electron chi connectivity index (χ3n) is 19.3. The predicted molar refractivity (Wildman–Crippen MR) is 429 cm³/mol. The van der Waals surface area contributed by atoms with E-state index in [0.717, 1.165) is 54.4 Å². The fourth-order valence-electron chi connectivity index (χ4n) is 13.9. The maximum absolute atomic E-state index is 14.0. The Balaban J connectivity index is 1.41. The van der Waals surface area contributed by atoms with Crippen LogP contribution in [0.4, 0.5) is 0 Å². The molecule has 1 aliphatic carbocycles. The SMILES string of the molecule is CC(=O)N[C@H]1[C@H](OCCCCCCNC(=O)CCO[C@@H]2[C@H](OCCC(=O)NCCCCCCO[C@@H]3O[C@H](COC(C)=O)[C@H](OC(C)=O)[C@H](OC(C)=O)[C@H]3NC(C)=O)C=C(C(=O)NCCCCCCO)C[C@H]2OCCC(=O)NCCCCCCO[C@@H]2O[C@H](COC(C)=O)[C@H](OC(C)=O)[C@H](OC(C)=O)[C@H]2NC(C)=O)O[C@H](COC(C)=O)[C@H](OC(C)=O)[C@@H]1OC(C)=O. The van der Waals surface area contributed by atoms with E-state index >= 15 is 0 Å². The summed E-state index contributed by atoms with van der Waals surface area (Å²) in [5.74, 6) is -9.54. The first-order valence-corrected chi connectivity index (χ1v) is 42.4. The first-order chi connectivity index (χ1) is 59.1. The summed E-state index contributed by atoms with van der Waals surface area (Å²) >= 11 is 0. The highest BCUT2D eigenvalue weighted by atomic mass is 16.7. The summed E-state index contributed by atoms with van der Waals surface area (Å²) in [4.78, 5) is 200. The van der Waals surface area contributed by atoms with Gasteiger partial charge in [-0.05, 0) is 57.4 Å². The van der Waals surface area contributed by atoms with Crippen LogP contribution in [0.1, 0.15) is 212 Å². The van der Waals surface area contributed by atoms with E-state index < -0.39 is 207 Å². The van der Waals surface area contributed by atoms with Crippen LogP contribution in [0.15, 0.2) is 11.6 Å². The minimum absolute atomic E-state index is 0.00253. The molecule has 8 N–H and O–H groups in total. The fourth-order valence-corrected chi connectivity index (χ4v) is 13.9.